The summed E-state index contributed by atoms with van der Waals surface area (Å²) in [5, 5.41) is 3.30. The third-order valence-corrected chi connectivity index (χ3v) is 7.46. The molecule has 2 aliphatic rings. The first-order valence-corrected chi connectivity index (χ1v) is 11.6. The average Bonchev–Trinajstić information content (AvgIpc) is 3.07. The Balaban J connectivity index is 1.62. The van der Waals surface area contributed by atoms with Crippen molar-refractivity contribution >= 4 is 9.84 Å². The molecule has 0 aromatic heterocycles. The molecule has 2 heterocycles. The third-order valence-electron chi connectivity index (χ3n) is 5.74. The fraction of sp³-hybridized carbons (Fsp3) is 0.455. The fourth-order valence-corrected chi connectivity index (χ4v) is 5.73. The minimum Gasteiger partial charge on any atom is -0.491 e. The Hall–Kier alpha value is -2.05. The molecule has 1 fully saturated rings. The molecule has 2 aromatic carbocycles. The second-order valence-corrected chi connectivity index (χ2v) is 10.1. The first-order valence-electron chi connectivity index (χ1n) is 9.79. The van der Waals surface area contributed by atoms with E-state index in [1.165, 1.54) is 11.1 Å². The molecule has 150 valence electrons. The van der Waals surface area contributed by atoms with Gasteiger partial charge in [0.2, 0.25) is 0 Å². The van der Waals surface area contributed by atoms with Gasteiger partial charge in [0.1, 0.15) is 24.2 Å². The number of rotatable bonds is 4. The highest BCUT2D eigenvalue weighted by Gasteiger charge is 2.27. The summed E-state index contributed by atoms with van der Waals surface area (Å²) in [4.78, 5) is 0. The second-order valence-electron chi connectivity index (χ2n) is 7.78. The van der Waals surface area contributed by atoms with Crippen LogP contribution in [0.3, 0.4) is 0 Å². The molecular formula is C22H27NO4S. The van der Waals surface area contributed by atoms with Crippen LogP contribution >= 0.6 is 0 Å². The predicted molar refractivity (Wildman–Crippen MR) is 111 cm³/mol. The molecule has 1 atom stereocenters. The number of sulfone groups is 1. The van der Waals surface area contributed by atoms with E-state index in [2.05, 4.69) is 49.5 Å². The van der Waals surface area contributed by atoms with Crippen molar-refractivity contribution < 1.29 is 17.9 Å². The molecule has 5 nitrogen and oxygen atoms in total. The van der Waals surface area contributed by atoms with Crippen LogP contribution in [-0.2, 0) is 9.84 Å². The van der Waals surface area contributed by atoms with E-state index in [0.29, 0.717) is 19.4 Å². The minimum absolute atomic E-state index is 0.0335. The van der Waals surface area contributed by atoms with Crippen LogP contribution in [-0.4, -0.2) is 39.7 Å². The lowest BCUT2D eigenvalue weighted by molar-refractivity contribution is 0.189. The maximum absolute atomic E-state index is 11.6. The van der Waals surface area contributed by atoms with E-state index in [-0.39, 0.29) is 23.7 Å². The van der Waals surface area contributed by atoms with Gasteiger partial charge in [-0.2, -0.15) is 0 Å². The van der Waals surface area contributed by atoms with Crippen molar-refractivity contribution in [1.29, 1.82) is 0 Å². The smallest absolute Gasteiger partial charge is 0.150 e. The van der Waals surface area contributed by atoms with Crippen LogP contribution in [0.1, 0.15) is 35.6 Å². The molecule has 1 saturated heterocycles. The SMILES string of the molecule is CN[C@@H]1COc2c(-c3c(C)cc(OC4CCS(=O)(=O)CC4)cc3C)cccc21. The van der Waals surface area contributed by atoms with Gasteiger partial charge in [-0.25, -0.2) is 8.42 Å². The molecule has 0 spiro atoms. The van der Waals surface area contributed by atoms with Gasteiger partial charge in [0.25, 0.3) is 0 Å². The molecule has 0 amide bonds. The van der Waals surface area contributed by atoms with Crippen molar-refractivity contribution in [3.63, 3.8) is 0 Å². The number of benzene rings is 2. The lowest BCUT2D eigenvalue weighted by Crippen LogP contribution is -2.30. The molecule has 0 bridgehead atoms. The van der Waals surface area contributed by atoms with Crippen molar-refractivity contribution in [2.45, 2.75) is 38.8 Å². The molecule has 1 N–H and O–H groups in total. The molecule has 2 aliphatic heterocycles. The van der Waals surface area contributed by atoms with E-state index in [1.807, 2.05) is 7.05 Å². The molecule has 0 unspecified atom stereocenters. The summed E-state index contributed by atoms with van der Waals surface area (Å²) in [5.41, 5.74) is 5.74. The Kier molecular flexibility index (Phi) is 5.10. The van der Waals surface area contributed by atoms with Crippen LogP contribution in [0.2, 0.25) is 0 Å². The van der Waals surface area contributed by atoms with Crippen molar-refractivity contribution in [3.8, 4) is 22.6 Å². The number of aryl methyl sites for hydroxylation is 2. The summed E-state index contributed by atoms with van der Waals surface area (Å²) < 4.78 is 35.4. The third kappa shape index (κ3) is 3.63. The van der Waals surface area contributed by atoms with Crippen LogP contribution in [0, 0.1) is 13.8 Å². The lowest BCUT2D eigenvalue weighted by atomic mass is 9.92. The predicted octanol–water partition coefficient (Wildman–Crippen LogP) is 3.58. The van der Waals surface area contributed by atoms with E-state index in [4.69, 9.17) is 9.47 Å². The van der Waals surface area contributed by atoms with Gasteiger partial charge >= 0.3 is 0 Å². The Labute approximate surface area is 167 Å². The fourth-order valence-electron chi connectivity index (χ4n) is 4.28. The van der Waals surface area contributed by atoms with Crippen LogP contribution in [0.25, 0.3) is 11.1 Å². The number of ether oxygens (including phenoxy) is 2. The van der Waals surface area contributed by atoms with E-state index in [9.17, 15) is 8.42 Å². The van der Waals surface area contributed by atoms with Crippen molar-refractivity contribution in [2.75, 3.05) is 25.2 Å². The minimum atomic E-state index is -2.88. The van der Waals surface area contributed by atoms with E-state index >= 15 is 0 Å². The van der Waals surface area contributed by atoms with Crippen LogP contribution in [0.4, 0.5) is 0 Å². The average molecular weight is 402 g/mol. The van der Waals surface area contributed by atoms with Crippen LogP contribution in [0.5, 0.6) is 11.5 Å². The highest BCUT2D eigenvalue weighted by molar-refractivity contribution is 7.91. The Morgan fingerprint density at radius 2 is 1.79 bits per heavy atom. The first kappa shape index (κ1) is 19.3. The summed E-state index contributed by atoms with van der Waals surface area (Å²) in [7, 11) is -0.925. The zero-order chi connectivity index (χ0) is 19.9. The zero-order valence-electron chi connectivity index (χ0n) is 16.6. The summed E-state index contributed by atoms with van der Waals surface area (Å²) in [6, 6.07) is 10.6. The largest absolute Gasteiger partial charge is 0.491 e. The normalized spacial score (nSPS) is 21.2. The number of hydrogen-bond acceptors (Lipinski definition) is 5. The van der Waals surface area contributed by atoms with Gasteiger partial charge < -0.3 is 14.8 Å². The highest BCUT2D eigenvalue weighted by Crippen LogP contribution is 2.43. The van der Waals surface area contributed by atoms with Crippen LogP contribution < -0.4 is 14.8 Å². The highest BCUT2D eigenvalue weighted by atomic mass is 32.2. The Morgan fingerprint density at radius 3 is 2.43 bits per heavy atom. The van der Waals surface area contributed by atoms with E-state index in [0.717, 1.165) is 28.2 Å². The number of para-hydroxylation sites is 1. The first-order chi connectivity index (χ1) is 13.4. The number of hydrogen-bond donors (Lipinski definition) is 1. The van der Waals surface area contributed by atoms with E-state index in [1.54, 1.807) is 0 Å². The number of likely N-dealkylation sites (N-methyl/N-ethyl adjacent to an activating group) is 1. The summed E-state index contributed by atoms with van der Waals surface area (Å²) >= 11 is 0. The molecule has 28 heavy (non-hydrogen) atoms. The number of nitrogens with one attached hydrogen (secondary N) is 1. The monoisotopic (exact) mass is 401 g/mol. The van der Waals surface area contributed by atoms with Gasteiger partial charge in [0.05, 0.1) is 17.5 Å². The molecule has 0 radical (unpaired) electrons. The molecule has 6 heteroatoms. The zero-order valence-corrected chi connectivity index (χ0v) is 17.4. The molecule has 0 aliphatic carbocycles. The quantitative estimate of drug-likeness (QED) is 0.848. The Bertz CT molecular complexity index is 963. The molecule has 0 saturated carbocycles. The van der Waals surface area contributed by atoms with Gasteiger partial charge in [0, 0.05) is 11.1 Å². The summed E-state index contributed by atoms with van der Waals surface area (Å²) in [5.74, 6) is 2.20. The van der Waals surface area contributed by atoms with Gasteiger partial charge in [-0.1, -0.05) is 18.2 Å². The second kappa shape index (κ2) is 7.41. The van der Waals surface area contributed by atoms with Gasteiger partial charge in [-0.05, 0) is 62.6 Å². The summed E-state index contributed by atoms with van der Waals surface area (Å²) in [6.45, 7) is 4.82. The van der Waals surface area contributed by atoms with Crippen molar-refractivity contribution in [1.82, 2.24) is 5.32 Å². The molecule has 4 rings (SSSR count). The van der Waals surface area contributed by atoms with Gasteiger partial charge in [-0.15, -0.1) is 0 Å². The van der Waals surface area contributed by atoms with Gasteiger partial charge in [0.15, 0.2) is 9.84 Å². The Morgan fingerprint density at radius 1 is 1.11 bits per heavy atom. The lowest BCUT2D eigenvalue weighted by Gasteiger charge is -2.24. The summed E-state index contributed by atoms with van der Waals surface area (Å²) in [6.07, 6.45) is 1.09. The van der Waals surface area contributed by atoms with Crippen molar-refractivity contribution in [3.05, 3.63) is 47.0 Å². The number of fused-ring (bicyclic) bond motifs is 1. The van der Waals surface area contributed by atoms with Crippen LogP contribution in [0.15, 0.2) is 30.3 Å². The molecule has 2 aromatic rings. The topological polar surface area (TPSA) is 64.6 Å². The van der Waals surface area contributed by atoms with Crippen molar-refractivity contribution in [2.24, 2.45) is 0 Å². The van der Waals surface area contributed by atoms with Gasteiger partial charge in [-0.3, -0.25) is 0 Å². The standard InChI is InChI=1S/C22H27NO4S/c1-14-11-17(27-16-7-9-28(24,25)10-8-16)12-15(2)21(14)19-6-4-5-18-20(23-3)13-26-22(18)19/h4-6,11-12,16,20,23H,7-10,13H2,1-3H3/t20-/m1/s1. The molecular weight excluding hydrogens is 374 g/mol. The van der Waals surface area contributed by atoms with E-state index < -0.39 is 9.84 Å². The maximum atomic E-state index is 11.6. The maximum Gasteiger partial charge on any atom is 0.150 e.